The molecule has 0 aliphatic rings. The molecular formula is C14H13ClN+. The first-order chi connectivity index (χ1) is 7.75. The maximum atomic E-state index is 5.83. The molecule has 0 saturated carbocycles. The standard InChI is InChI=1S/C14H13ClN/c1-16-11-3-2-4-14(16)10-7-12-5-8-13(15)9-6-12/h2-11H,1H3/q+1/b10-7-. The quantitative estimate of drug-likeness (QED) is 0.697. The van der Waals surface area contributed by atoms with Crippen molar-refractivity contribution in [2.45, 2.75) is 0 Å². The number of rotatable bonds is 2. The summed E-state index contributed by atoms with van der Waals surface area (Å²) in [6.45, 7) is 0. The topological polar surface area (TPSA) is 3.88 Å². The minimum absolute atomic E-state index is 0.766. The first kappa shape index (κ1) is 10.9. The summed E-state index contributed by atoms with van der Waals surface area (Å²) < 4.78 is 2.08. The summed E-state index contributed by atoms with van der Waals surface area (Å²) in [5.41, 5.74) is 2.31. The van der Waals surface area contributed by atoms with E-state index in [9.17, 15) is 0 Å². The van der Waals surface area contributed by atoms with E-state index in [-0.39, 0.29) is 0 Å². The Labute approximate surface area is 101 Å². The molecule has 0 amide bonds. The fourth-order valence-corrected chi connectivity index (χ4v) is 1.59. The minimum atomic E-state index is 0.766. The largest absolute Gasteiger partial charge is 0.204 e. The molecule has 16 heavy (non-hydrogen) atoms. The second kappa shape index (κ2) is 4.95. The summed E-state index contributed by atoms with van der Waals surface area (Å²) in [4.78, 5) is 0. The average Bonchev–Trinajstić information content (AvgIpc) is 2.30. The number of pyridine rings is 1. The van der Waals surface area contributed by atoms with Crippen molar-refractivity contribution in [2.75, 3.05) is 0 Å². The number of hydrogen-bond acceptors (Lipinski definition) is 0. The highest BCUT2D eigenvalue weighted by atomic mass is 35.5. The van der Waals surface area contributed by atoms with E-state index in [1.165, 1.54) is 0 Å². The third kappa shape index (κ3) is 2.71. The van der Waals surface area contributed by atoms with E-state index >= 15 is 0 Å². The zero-order valence-electron chi connectivity index (χ0n) is 9.10. The summed E-state index contributed by atoms with van der Waals surface area (Å²) in [7, 11) is 2.03. The second-order valence-electron chi connectivity index (χ2n) is 3.62. The maximum absolute atomic E-state index is 5.83. The van der Waals surface area contributed by atoms with E-state index in [0.29, 0.717) is 0 Å². The van der Waals surface area contributed by atoms with Crippen molar-refractivity contribution in [1.82, 2.24) is 0 Å². The van der Waals surface area contributed by atoms with Crippen molar-refractivity contribution < 1.29 is 4.57 Å². The highest BCUT2D eigenvalue weighted by Gasteiger charge is 1.98. The number of hydrogen-bond donors (Lipinski definition) is 0. The maximum Gasteiger partial charge on any atom is 0.204 e. The van der Waals surface area contributed by atoms with E-state index < -0.39 is 0 Å². The molecule has 0 saturated heterocycles. The Kier molecular flexibility index (Phi) is 3.37. The molecule has 1 heterocycles. The van der Waals surface area contributed by atoms with E-state index in [0.717, 1.165) is 16.3 Å². The van der Waals surface area contributed by atoms with E-state index in [1.54, 1.807) is 0 Å². The molecule has 2 rings (SSSR count). The summed E-state index contributed by atoms with van der Waals surface area (Å²) in [5.74, 6) is 0. The molecule has 0 radical (unpaired) electrons. The molecule has 2 aromatic rings. The fourth-order valence-electron chi connectivity index (χ4n) is 1.47. The SMILES string of the molecule is C[n+]1ccccc1/C=C\c1ccc(Cl)cc1. The lowest BCUT2D eigenvalue weighted by molar-refractivity contribution is -0.673. The Bertz CT molecular complexity index is 500. The first-order valence-electron chi connectivity index (χ1n) is 5.14. The van der Waals surface area contributed by atoms with Crippen molar-refractivity contribution in [3.05, 3.63) is 64.9 Å². The van der Waals surface area contributed by atoms with Gasteiger partial charge in [-0.2, -0.15) is 0 Å². The summed E-state index contributed by atoms with van der Waals surface area (Å²) in [6, 6.07) is 13.9. The Hall–Kier alpha value is -1.60. The normalized spacial score (nSPS) is 10.9. The van der Waals surface area contributed by atoms with Gasteiger partial charge in [0.25, 0.3) is 0 Å². The summed E-state index contributed by atoms with van der Waals surface area (Å²) in [6.07, 6.45) is 6.19. The Morgan fingerprint density at radius 3 is 2.44 bits per heavy atom. The molecule has 0 aliphatic carbocycles. The van der Waals surface area contributed by atoms with Gasteiger partial charge in [0.1, 0.15) is 7.05 Å². The van der Waals surface area contributed by atoms with E-state index in [2.05, 4.69) is 22.8 Å². The lowest BCUT2D eigenvalue weighted by Gasteiger charge is -1.94. The van der Waals surface area contributed by atoms with Crippen LogP contribution >= 0.6 is 11.6 Å². The molecular weight excluding hydrogens is 218 g/mol. The van der Waals surface area contributed by atoms with Gasteiger partial charge in [0.15, 0.2) is 6.20 Å². The van der Waals surface area contributed by atoms with Crippen molar-refractivity contribution >= 4 is 23.8 Å². The number of aromatic nitrogens is 1. The van der Waals surface area contributed by atoms with Gasteiger partial charge in [0.05, 0.1) is 0 Å². The monoisotopic (exact) mass is 230 g/mol. The molecule has 0 N–H and O–H groups in total. The van der Waals surface area contributed by atoms with Gasteiger partial charge >= 0.3 is 0 Å². The molecule has 2 heteroatoms. The van der Waals surface area contributed by atoms with Gasteiger partial charge in [-0.15, -0.1) is 0 Å². The highest BCUT2D eigenvalue weighted by Crippen LogP contribution is 2.11. The predicted octanol–water partition coefficient (Wildman–Crippen LogP) is 3.33. The number of halogens is 1. The van der Waals surface area contributed by atoms with E-state index in [1.807, 2.05) is 49.6 Å². The molecule has 0 unspecified atom stereocenters. The van der Waals surface area contributed by atoms with Crippen LogP contribution in [0, 0.1) is 0 Å². The fraction of sp³-hybridized carbons (Fsp3) is 0.0714. The van der Waals surface area contributed by atoms with Crippen LogP contribution in [0.3, 0.4) is 0 Å². The van der Waals surface area contributed by atoms with Gasteiger partial charge in [0, 0.05) is 23.2 Å². The molecule has 0 bridgehead atoms. The lowest BCUT2D eigenvalue weighted by Crippen LogP contribution is -2.30. The van der Waals surface area contributed by atoms with Gasteiger partial charge in [-0.1, -0.05) is 23.7 Å². The summed E-state index contributed by atoms with van der Waals surface area (Å²) >= 11 is 5.83. The van der Waals surface area contributed by atoms with Crippen LogP contribution in [-0.4, -0.2) is 0 Å². The minimum Gasteiger partial charge on any atom is -0.202 e. The smallest absolute Gasteiger partial charge is 0.202 e. The van der Waals surface area contributed by atoms with Crippen LogP contribution < -0.4 is 4.57 Å². The number of nitrogens with zero attached hydrogens (tertiary/aromatic N) is 1. The molecule has 1 aromatic carbocycles. The molecule has 1 nitrogen and oxygen atoms in total. The third-order valence-corrected chi connectivity index (χ3v) is 2.66. The van der Waals surface area contributed by atoms with Gasteiger partial charge < -0.3 is 0 Å². The number of benzene rings is 1. The van der Waals surface area contributed by atoms with Crippen LogP contribution in [-0.2, 0) is 7.05 Å². The molecule has 0 aliphatic heterocycles. The zero-order valence-corrected chi connectivity index (χ0v) is 9.85. The molecule has 0 atom stereocenters. The molecule has 0 fully saturated rings. The van der Waals surface area contributed by atoms with E-state index in [4.69, 9.17) is 11.6 Å². The molecule has 1 aromatic heterocycles. The van der Waals surface area contributed by atoms with Gasteiger partial charge in [-0.05, 0) is 29.8 Å². The Morgan fingerprint density at radius 1 is 1.00 bits per heavy atom. The highest BCUT2D eigenvalue weighted by molar-refractivity contribution is 6.30. The molecule has 0 spiro atoms. The third-order valence-electron chi connectivity index (χ3n) is 2.41. The van der Waals surface area contributed by atoms with Gasteiger partial charge in [-0.25, -0.2) is 4.57 Å². The predicted molar refractivity (Wildman–Crippen MR) is 68.0 cm³/mol. The van der Waals surface area contributed by atoms with Gasteiger partial charge in [0.2, 0.25) is 5.69 Å². The number of aryl methyl sites for hydroxylation is 1. The van der Waals surface area contributed by atoms with Crippen molar-refractivity contribution in [2.24, 2.45) is 7.05 Å². The average molecular weight is 231 g/mol. The van der Waals surface area contributed by atoms with Crippen LogP contribution in [0.15, 0.2) is 48.7 Å². The van der Waals surface area contributed by atoms with Crippen LogP contribution in [0.25, 0.3) is 12.2 Å². The lowest BCUT2D eigenvalue weighted by atomic mass is 10.2. The van der Waals surface area contributed by atoms with Crippen LogP contribution in [0.2, 0.25) is 5.02 Å². The van der Waals surface area contributed by atoms with Crippen molar-refractivity contribution in [3.8, 4) is 0 Å². The molecule has 80 valence electrons. The second-order valence-corrected chi connectivity index (χ2v) is 4.06. The van der Waals surface area contributed by atoms with Crippen LogP contribution in [0.1, 0.15) is 11.3 Å². The van der Waals surface area contributed by atoms with Gasteiger partial charge in [-0.3, -0.25) is 0 Å². The van der Waals surface area contributed by atoms with Crippen molar-refractivity contribution in [1.29, 1.82) is 0 Å². The van der Waals surface area contributed by atoms with Crippen LogP contribution in [0.5, 0.6) is 0 Å². The summed E-state index contributed by atoms with van der Waals surface area (Å²) in [5, 5.41) is 0.766. The zero-order chi connectivity index (χ0) is 11.4. The first-order valence-corrected chi connectivity index (χ1v) is 5.52. The van der Waals surface area contributed by atoms with Crippen molar-refractivity contribution in [3.63, 3.8) is 0 Å². The Balaban J connectivity index is 2.21. The van der Waals surface area contributed by atoms with Crippen LogP contribution in [0.4, 0.5) is 0 Å². The Morgan fingerprint density at radius 2 is 1.75 bits per heavy atom.